The fourth-order valence-corrected chi connectivity index (χ4v) is 5.91. The molecule has 0 spiro atoms. The van der Waals surface area contributed by atoms with E-state index in [0.717, 1.165) is 65.3 Å². The van der Waals surface area contributed by atoms with Gasteiger partial charge in [0.15, 0.2) is 0 Å². The number of aliphatic carboxylic acids is 1. The highest BCUT2D eigenvalue weighted by atomic mass is 32.2. The number of fused-ring (bicyclic) bond motifs is 1. The number of hydrogen-bond acceptors (Lipinski definition) is 7. The number of likely N-dealkylation sites (tertiary alicyclic amines) is 1. The number of nitrogens with zero attached hydrogens (tertiary/aromatic N) is 3. The topological polar surface area (TPSA) is 95.8 Å². The second-order valence-corrected chi connectivity index (χ2v) is 10.3. The van der Waals surface area contributed by atoms with E-state index in [1.54, 1.807) is 31.3 Å². The summed E-state index contributed by atoms with van der Waals surface area (Å²) in [6, 6.07) is 11.5. The Bertz CT molecular complexity index is 1110. The summed E-state index contributed by atoms with van der Waals surface area (Å²) in [5.74, 6) is 1.30. The molecule has 2 aromatic heterocycles. The molecule has 0 amide bonds. The first-order valence-electron chi connectivity index (χ1n) is 12.1. The number of hydrogen-bond donors (Lipinski definition) is 2. The first-order chi connectivity index (χ1) is 17.0. The van der Waals surface area contributed by atoms with Crippen LogP contribution >= 0.6 is 11.8 Å². The Morgan fingerprint density at radius 1 is 1.26 bits per heavy atom. The number of methoxy groups -OCH3 is 1. The third-order valence-corrected chi connectivity index (χ3v) is 7.84. The second-order valence-electron chi connectivity index (χ2n) is 9.12. The molecule has 2 N–H and O–H groups in total. The standard InChI is InChI=1S/C27H33N3O4S/c1-34-21-5-6-25-24(16-21)23(8-11-29-25)26(31)7-4-19-9-12-30(18-20(19)15-27(32)33)13-14-35-22-3-2-10-28-17-22/h2-3,5-6,8,10-11,16-17,19-20,26,31H,4,7,9,12-15,18H2,1H3,(H,32,33)/t19-,20+,26-/m1/s1. The van der Waals surface area contributed by atoms with E-state index in [-0.39, 0.29) is 18.3 Å². The number of benzene rings is 1. The molecule has 1 fully saturated rings. The average molecular weight is 496 g/mol. The van der Waals surface area contributed by atoms with Crippen LogP contribution in [0.1, 0.15) is 37.4 Å². The maximum absolute atomic E-state index is 11.6. The number of aliphatic hydroxyl groups is 1. The molecule has 0 unspecified atom stereocenters. The molecule has 8 heteroatoms. The molecule has 1 aromatic carbocycles. The predicted octanol–water partition coefficient (Wildman–Crippen LogP) is 4.66. The number of aromatic nitrogens is 2. The molecular formula is C27H33N3O4S. The highest BCUT2D eigenvalue weighted by Gasteiger charge is 2.31. The van der Waals surface area contributed by atoms with Gasteiger partial charge in [-0.3, -0.25) is 14.8 Å². The summed E-state index contributed by atoms with van der Waals surface area (Å²) in [7, 11) is 1.63. The van der Waals surface area contributed by atoms with Gasteiger partial charge in [0, 0.05) is 54.1 Å². The van der Waals surface area contributed by atoms with E-state index in [2.05, 4.69) is 20.9 Å². The molecule has 0 radical (unpaired) electrons. The molecule has 35 heavy (non-hydrogen) atoms. The number of ether oxygens (including phenoxy) is 1. The predicted molar refractivity (Wildman–Crippen MR) is 138 cm³/mol. The number of piperidine rings is 1. The third-order valence-electron chi connectivity index (χ3n) is 6.88. The minimum atomic E-state index is -0.751. The van der Waals surface area contributed by atoms with Crippen LogP contribution in [0.15, 0.2) is 59.9 Å². The zero-order chi connectivity index (χ0) is 24.6. The van der Waals surface area contributed by atoms with Crippen LogP contribution in [0.3, 0.4) is 0 Å². The minimum Gasteiger partial charge on any atom is -0.497 e. The lowest BCUT2D eigenvalue weighted by Gasteiger charge is -2.38. The molecule has 1 saturated heterocycles. The van der Waals surface area contributed by atoms with Crippen molar-refractivity contribution in [2.24, 2.45) is 11.8 Å². The van der Waals surface area contributed by atoms with Crippen LogP contribution in [0, 0.1) is 11.8 Å². The summed E-state index contributed by atoms with van der Waals surface area (Å²) in [5.41, 5.74) is 1.66. The monoisotopic (exact) mass is 495 g/mol. The zero-order valence-electron chi connectivity index (χ0n) is 20.0. The van der Waals surface area contributed by atoms with Crippen LogP contribution in [0.25, 0.3) is 10.9 Å². The molecule has 3 aromatic rings. The molecule has 1 aliphatic heterocycles. The molecule has 3 atom stereocenters. The Kier molecular flexibility index (Phi) is 8.95. The molecule has 0 aliphatic carbocycles. The Morgan fingerprint density at radius 2 is 2.14 bits per heavy atom. The molecule has 1 aliphatic rings. The van der Waals surface area contributed by atoms with E-state index in [0.29, 0.717) is 6.42 Å². The van der Waals surface area contributed by atoms with Crippen LogP contribution in [-0.2, 0) is 4.79 Å². The van der Waals surface area contributed by atoms with Crippen molar-refractivity contribution >= 4 is 28.6 Å². The van der Waals surface area contributed by atoms with Crippen LogP contribution in [-0.4, -0.2) is 63.5 Å². The Morgan fingerprint density at radius 3 is 2.91 bits per heavy atom. The van der Waals surface area contributed by atoms with Gasteiger partial charge < -0.3 is 19.8 Å². The van der Waals surface area contributed by atoms with Crippen molar-refractivity contribution in [2.75, 3.05) is 32.5 Å². The van der Waals surface area contributed by atoms with Crippen LogP contribution in [0.4, 0.5) is 0 Å². The maximum atomic E-state index is 11.6. The highest BCUT2D eigenvalue weighted by molar-refractivity contribution is 7.99. The second kappa shape index (κ2) is 12.3. The van der Waals surface area contributed by atoms with Gasteiger partial charge in [-0.2, -0.15) is 0 Å². The van der Waals surface area contributed by atoms with E-state index < -0.39 is 12.1 Å². The van der Waals surface area contributed by atoms with Gasteiger partial charge in [0.05, 0.1) is 18.7 Å². The van der Waals surface area contributed by atoms with Gasteiger partial charge in [-0.1, -0.05) is 0 Å². The fraction of sp³-hybridized carbons (Fsp3) is 0.444. The lowest BCUT2D eigenvalue weighted by Crippen LogP contribution is -2.42. The van der Waals surface area contributed by atoms with Gasteiger partial charge in [0.2, 0.25) is 0 Å². The van der Waals surface area contributed by atoms with Crippen molar-refractivity contribution in [3.8, 4) is 5.75 Å². The van der Waals surface area contributed by atoms with Crippen LogP contribution in [0.5, 0.6) is 5.75 Å². The van der Waals surface area contributed by atoms with Crippen molar-refractivity contribution in [2.45, 2.75) is 36.7 Å². The van der Waals surface area contributed by atoms with Crippen LogP contribution < -0.4 is 4.74 Å². The molecule has 3 heterocycles. The summed E-state index contributed by atoms with van der Waals surface area (Å²) in [6.45, 7) is 2.67. The normalized spacial score (nSPS) is 19.5. The molecule has 7 nitrogen and oxygen atoms in total. The lowest BCUT2D eigenvalue weighted by molar-refractivity contribution is -0.139. The minimum absolute atomic E-state index is 0.0890. The number of rotatable bonds is 11. The van der Waals surface area contributed by atoms with Gasteiger partial charge in [0.25, 0.3) is 0 Å². The van der Waals surface area contributed by atoms with Gasteiger partial charge in [-0.15, -0.1) is 11.8 Å². The van der Waals surface area contributed by atoms with E-state index in [9.17, 15) is 15.0 Å². The average Bonchev–Trinajstić information content (AvgIpc) is 2.87. The maximum Gasteiger partial charge on any atom is 0.303 e. The van der Waals surface area contributed by atoms with Gasteiger partial charge in [-0.05, 0) is 79.6 Å². The van der Waals surface area contributed by atoms with Gasteiger partial charge in [0.1, 0.15) is 5.75 Å². The first kappa shape index (κ1) is 25.4. The van der Waals surface area contributed by atoms with Crippen molar-refractivity contribution < 1.29 is 19.7 Å². The first-order valence-corrected chi connectivity index (χ1v) is 13.1. The Labute approximate surface area is 210 Å². The summed E-state index contributed by atoms with van der Waals surface area (Å²) >= 11 is 1.78. The molecular weight excluding hydrogens is 462 g/mol. The number of carboxylic acids is 1. The van der Waals surface area contributed by atoms with Crippen molar-refractivity contribution in [1.29, 1.82) is 0 Å². The summed E-state index contributed by atoms with van der Waals surface area (Å²) in [6.07, 6.45) is 7.25. The quantitative estimate of drug-likeness (QED) is 0.371. The summed E-state index contributed by atoms with van der Waals surface area (Å²) in [4.78, 5) is 23.7. The molecule has 0 saturated carbocycles. The van der Waals surface area contributed by atoms with E-state index in [1.165, 1.54) is 0 Å². The number of carbonyl (C=O) groups is 1. The van der Waals surface area contributed by atoms with Gasteiger partial charge in [-0.25, -0.2) is 0 Å². The lowest BCUT2D eigenvalue weighted by atomic mass is 9.79. The molecule has 186 valence electrons. The largest absolute Gasteiger partial charge is 0.497 e. The summed E-state index contributed by atoms with van der Waals surface area (Å²) < 4.78 is 5.35. The molecule has 4 rings (SSSR count). The molecule has 0 bridgehead atoms. The van der Waals surface area contributed by atoms with Crippen molar-refractivity contribution in [3.05, 3.63) is 60.6 Å². The van der Waals surface area contributed by atoms with Crippen LogP contribution in [0.2, 0.25) is 0 Å². The summed E-state index contributed by atoms with van der Waals surface area (Å²) in [5, 5.41) is 21.5. The SMILES string of the molecule is COc1ccc2nccc([C@H](O)CC[C@@H]3CCN(CCSc4cccnc4)C[C@@H]3CC(=O)O)c2c1. The van der Waals surface area contributed by atoms with E-state index in [1.807, 2.05) is 36.5 Å². The smallest absolute Gasteiger partial charge is 0.303 e. The zero-order valence-corrected chi connectivity index (χ0v) is 20.9. The Hall–Kier alpha value is -2.68. The highest BCUT2D eigenvalue weighted by Crippen LogP contribution is 2.35. The van der Waals surface area contributed by atoms with Crippen molar-refractivity contribution in [1.82, 2.24) is 14.9 Å². The van der Waals surface area contributed by atoms with Gasteiger partial charge >= 0.3 is 5.97 Å². The fourth-order valence-electron chi connectivity index (χ4n) is 5.01. The third kappa shape index (κ3) is 6.93. The number of carboxylic acid groups (broad SMARTS) is 1. The van der Waals surface area contributed by atoms with Crippen molar-refractivity contribution in [3.63, 3.8) is 0 Å². The Balaban J connectivity index is 1.35. The number of thioether (sulfide) groups is 1. The van der Waals surface area contributed by atoms with E-state index >= 15 is 0 Å². The number of aliphatic hydroxyl groups excluding tert-OH is 1. The van der Waals surface area contributed by atoms with E-state index in [4.69, 9.17) is 4.74 Å². The number of pyridine rings is 2.